The number of nitrogens with zero attached hydrogens (tertiary/aromatic N) is 2. The highest BCUT2D eigenvalue weighted by molar-refractivity contribution is 9.10. The van der Waals surface area contributed by atoms with Gasteiger partial charge in [-0.25, -0.2) is 0 Å². The Labute approximate surface area is 128 Å². The second kappa shape index (κ2) is 6.31. The highest BCUT2D eigenvalue weighted by Crippen LogP contribution is 2.27. The molecule has 108 valence electrons. The quantitative estimate of drug-likeness (QED) is 0.647. The van der Waals surface area contributed by atoms with Crippen molar-refractivity contribution in [3.05, 3.63) is 39.6 Å². The van der Waals surface area contributed by atoms with Gasteiger partial charge in [-0.05, 0) is 66.9 Å². The summed E-state index contributed by atoms with van der Waals surface area (Å²) in [5, 5.41) is 7.90. The fourth-order valence-electron chi connectivity index (χ4n) is 2.19. The summed E-state index contributed by atoms with van der Waals surface area (Å²) in [5.74, 6) is 0. The van der Waals surface area contributed by atoms with Gasteiger partial charge in [-0.3, -0.25) is 4.68 Å². The highest BCUT2D eigenvalue weighted by Gasteiger charge is 2.04. The lowest BCUT2D eigenvalue weighted by Gasteiger charge is -2.11. The standard InChI is InChI=1S/C15H21BrN4/c1-10-7-15(13(16)9-14(10)17)18-5-4-6-20-12(3)8-11(2)19-20/h7-9,18H,4-6,17H2,1-3H3. The van der Waals surface area contributed by atoms with Crippen molar-refractivity contribution in [3.8, 4) is 0 Å². The van der Waals surface area contributed by atoms with Crippen LogP contribution in [0.2, 0.25) is 0 Å². The molecule has 0 atom stereocenters. The number of rotatable bonds is 5. The molecular formula is C15H21BrN4. The Kier molecular flexibility index (Phi) is 4.70. The van der Waals surface area contributed by atoms with E-state index in [2.05, 4.69) is 50.1 Å². The molecule has 0 fully saturated rings. The van der Waals surface area contributed by atoms with Crippen molar-refractivity contribution in [1.82, 2.24) is 9.78 Å². The van der Waals surface area contributed by atoms with Gasteiger partial charge < -0.3 is 11.1 Å². The van der Waals surface area contributed by atoms with Crippen molar-refractivity contribution < 1.29 is 0 Å². The van der Waals surface area contributed by atoms with E-state index in [1.807, 2.05) is 19.9 Å². The summed E-state index contributed by atoms with van der Waals surface area (Å²) in [5.41, 5.74) is 11.2. The van der Waals surface area contributed by atoms with Crippen LogP contribution in [0.5, 0.6) is 0 Å². The van der Waals surface area contributed by atoms with Gasteiger partial charge in [0.15, 0.2) is 0 Å². The Balaban J connectivity index is 1.87. The molecule has 0 aliphatic carbocycles. The maximum atomic E-state index is 5.87. The molecule has 1 aromatic heterocycles. The van der Waals surface area contributed by atoms with Gasteiger partial charge in [-0.15, -0.1) is 0 Å². The third-order valence-corrected chi connectivity index (χ3v) is 3.98. The first kappa shape index (κ1) is 14.9. The molecular weight excluding hydrogens is 316 g/mol. The van der Waals surface area contributed by atoms with Crippen LogP contribution in [0.4, 0.5) is 11.4 Å². The monoisotopic (exact) mass is 336 g/mol. The molecule has 0 aliphatic heterocycles. The Bertz CT molecular complexity index is 604. The number of hydrogen-bond acceptors (Lipinski definition) is 3. The third kappa shape index (κ3) is 3.54. The minimum Gasteiger partial charge on any atom is -0.398 e. The van der Waals surface area contributed by atoms with Gasteiger partial charge in [0.25, 0.3) is 0 Å². The number of nitrogens with two attached hydrogens (primary N) is 1. The fraction of sp³-hybridized carbons (Fsp3) is 0.400. The molecule has 0 unspecified atom stereocenters. The summed E-state index contributed by atoms with van der Waals surface area (Å²) in [4.78, 5) is 0. The average Bonchev–Trinajstić information content (AvgIpc) is 2.69. The van der Waals surface area contributed by atoms with Crippen LogP contribution in [-0.4, -0.2) is 16.3 Å². The van der Waals surface area contributed by atoms with Crippen molar-refractivity contribution >= 4 is 27.3 Å². The van der Waals surface area contributed by atoms with Crippen LogP contribution in [0, 0.1) is 20.8 Å². The first-order valence-electron chi connectivity index (χ1n) is 6.78. The van der Waals surface area contributed by atoms with Crippen LogP contribution in [0.15, 0.2) is 22.7 Å². The lowest BCUT2D eigenvalue weighted by Crippen LogP contribution is -2.09. The topological polar surface area (TPSA) is 55.9 Å². The summed E-state index contributed by atoms with van der Waals surface area (Å²) in [6, 6.07) is 6.12. The zero-order chi connectivity index (χ0) is 14.7. The number of hydrogen-bond donors (Lipinski definition) is 2. The zero-order valence-electron chi connectivity index (χ0n) is 12.2. The van der Waals surface area contributed by atoms with E-state index in [1.54, 1.807) is 0 Å². The molecule has 1 aromatic carbocycles. The maximum Gasteiger partial charge on any atom is 0.0596 e. The SMILES string of the molecule is Cc1cc(C)n(CCCNc2cc(C)c(N)cc2Br)n1. The van der Waals surface area contributed by atoms with Crippen LogP contribution in [0.25, 0.3) is 0 Å². The molecule has 0 bridgehead atoms. The van der Waals surface area contributed by atoms with Gasteiger partial charge in [0.1, 0.15) is 0 Å². The number of nitrogen functional groups attached to an aromatic ring is 1. The van der Waals surface area contributed by atoms with Crippen molar-refractivity contribution in [2.75, 3.05) is 17.6 Å². The lowest BCUT2D eigenvalue weighted by molar-refractivity contribution is 0.573. The number of nitrogens with one attached hydrogen (secondary N) is 1. The molecule has 5 heteroatoms. The van der Waals surface area contributed by atoms with Crippen LogP contribution < -0.4 is 11.1 Å². The molecule has 0 radical (unpaired) electrons. The molecule has 20 heavy (non-hydrogen) atoms. The van der Waals surface area contributed by atoms with E-state index in [9.17, 15) is 0 Å². The summed E-state index contributed by atoms with van der Waals surface area (Å²) in [7, 11) is 0. The van der Waals surface area contributed by atoms with Crippen LogP contribution in [0.1, 0.15) is 23.4 Å². The van der Waals surface area contributed by atoms with E-state index in [1.165, 1.54) is 5.69 Å². The zero-order valence-corrected chi connectivity index (χ0v) is 13.8. The van der Waals surface area contributed by atoms with E-state index >= 15 is 0 Å². The number of anilines is 2. The van der Waals surface area contributed by atoms with Crippen molar-refractivity contribution in [2.45, 2.75) is 33.7 Å². The molecule has 0 aliphatic rings. The van der Waals surface area contributed by atoms with Crippen molar-refractivity contribution in [3.63, 3.8) is 0 Å². The van der Waals surface area contributed by atoms with Gasteiger partial charge in [-0.1, -0.05) is 0 Å². The van der Waals surface area contributed by atoms with Gasteiger partial charge >= 0.3 is 0 Å². The van der Waals surface area contributed by atoms with Crippen molar-refractivity contribution in [2.24, 2.45) is 0 Å². The molecule has 4 nitrogen and oxygen atoms in total. The number of aryl methyl sites for hydroxylation is 4. The van der Waals surface area contributed by atoms with Gasteiger partial charge in [0.05, 0.1) is 5.69 Å². The van der Waals surface area contributed by atoms with Crippen LogP contribution in [-0.2, 0) is 6.54 Å². The normalized spacial score (nSPS) is 10.8. The molecule has 0 spiro atoms. The van der Waals surface area contributed by atoms with Crippen LogP contribution >= 0.6 is 15.9 Å². The largest absolute Gasteiger partial charge is 0.398 e. The Hall–Kier alpha value is -1.49. The smallest absolute Gasteiger partial charge is 0.0596 e. The van der Waals surface area contributed by atoms with E-state index < -0.39 is 0 Å². The molecule has 2 aromatic rings. The summed E-state index contributed by atoms with van der Waals surface area (Å²) >= 11 is 3.53. The predicted molar refractivity (Wildman–Crippen MR) is 88.1 cm³/mol. The summed E-state index contributed by atoms with van der Waals surface area (Å²) in [6.07, 6.45) is 1.03. The lowest BCUT2D eigenvalue weighted by atomic mass is 10.2. The molecule has 3 N–H and O–H groups in total. The second-order valence-corrected chi connectivity index (χ2v) is 5.97. The van der Waals surface area contributed by atoms with Gasteiger partial charge in [-0.2, -0.15) is 5.10 Å². The second-order valence-electron chi connectivity index (χ2n) is 5.12. The average molecular weight is 337 g/mol. The summed E-state index contributed by atoms with van der Waals surface area (Å²) < 4.78 is 3.06. The van der Waals surface area contributed by atoms with Crippen LogP contribution in [0.3, 0.4) is 0 Å². The van der Waals surface area contributed by atoms with E-state index in [4.69, 9.17) is 5.73 Å². The molecule has 0 saturated heterocycles. The molecule has 0 amide bonds. The molecule has 1 heterocycles. The fourth-order valence-corrected chi connectivity index (χ4v) is 2.69. The van der Waals surface area contributed by atoms with E-state index in [0.29, 0.717) is 0 Å². The van der Waals surface area contributed by atoms with Gasteiger partial charge in [0.2, 0.25) is 0 Å². The predicted octanol–water partition coefficient (Wildman–Crippen LogP) is 3.66. The van der Waals surface area contributed by atoms with Crippen molar-refractivity contribution in [1.29, 1.82) is 0 Å². The number of benzene rings is 1. The molecule has 2 rings (SSSR count). The summed E-state index contributed by atoms with van der Waals surface area (Å²) in [6.45, 7) is 7.96. The first-order valence-corrected chi connectivity index (χ1v) is 7.57. The van der Waals surface area contributed by atoms with E-state index in [-0.39, 0.29) is 0 Å². The Morgan fingerprint density at radius 3 is 2.65 bits per heavy atom. The Morgan fingerprint density at radius 1 is 1.25 bits per heavy atom. The van der Waals surface area contributed by atoms with Gasteiger partial charge in [0, 0.05) is 34.6 Å². The number of halogens is 1. The number of aromatic nitrogens is 2. The Morgan fingerprint density at radius 2 is 2.00 bits per heavy atom. The van der Waals surface area contributed by atoms with E-state index in [0.717, 1.165) is 46.6 Å². The molecule has 0 saturated carbocycles. The first-order chi connectivity index (χ1) is 9.47. The highest BCUT2D eigenvalue weighted by atomic mass is 79.9. The minimum absolute atomic E-state index is 0.810. The maximum absolute atomic E-state index is 5.87. The minimum atomic E-state index is 0.810. The third-order valence-electron chi connectivity index (χ3n) is 3.32.